The maximum Gasteiger partial charge on any atom is 0.225 e. The maximum atomic E-state index is 12.2. The van der Waals surface area contributed by atoms with Gasteiger partial charge in [0.2, 0.25) is 5.91 Å². The molecule has 16 heavy (non-hydrogen) atoms. The molecule has 1 rings (SSSR count). The zero-order chi connectivity index (χ0) is 12.5. The zero-order valence-electron chi connectivity index (χ0n) is 11.7. The fourth-order valence-corrected chi connectivity index (χ4v) is 2.39. The third-order valence-electron chi connectivity index (χ3n) is 3.07. The molecule has 0 spiro atoms. The zero-order valence-corrected chi connectivity index (χ0v) is 11.7. The quantitative estimate of drug-likeness (QED) is 0.717. The van der Waals surface area contributed by atoms with Crippen LogP contribution in [-0.4, -0.2) is 22.9 Å². The van der Waals surface area contributed by atoms with Gasteiger partial charge in [0, 0.05) is 18.0 Å². The van der Waals surface area contributed by atoms with Crippen LogP contribution in [-0.2, 0) is 4.79 Å². The second-order valence-electron chi connectivity index (χ2n) is 6.75. The van der Waals surface area contributed by atoms with E-state index in [1.807, 2.05) is 13.8 Å². The lowest BCUT2D eigenvalue weighted by Gasteiger charge is -2.34. The van der Waals surface area contributed by atoms with Crippen molar-refractivity contribution in [1.29, 1.82) is 0 Å². The molecule has 0 aromatic carbocycles. The van der Waals surface area contributed by atoms with Crippen LogP contribution >= 0.6 is 0 Å². The standard InChI is InChI=1S/C14H27NO/c1-10(2)13(16)15(12-7-8-12)11(3)9-14(4,5)6/h10-12H,7-9H2,1-6H3/t11-/m1/s1. The Labute approximate surface area is 100 Å². The average molecular weight is 225 g/mol. The molecular weight excluding hydrogens is 198 g/mol. The number of nitrogens with zero attached hydrogens (tertiary/aromatic N) is 1. The molecule has 2 nitrogen and oxygen atoms in total. The molecule has 0 saturated heterocycles. The summed E-state index contributed by atoms with van der Waals surface area (Å²) in [6.45, 7) is 12.9. The van der Waals surface area contributed by atoms with Gasteiger partial charge in [0.15, 0.2) is 0 Å². The predicted octanol–water partition coefficient (Wildman–Crippen LogP) is 3.46. The molecule has 0 heterocycles. The SMILES string of the molecule is CC(C)C(=O)N(C1CC1)[C@H](C)CC(C)(C)C. The van der Waals surface area contributed by atoms with E-state index in [1.54, 1.807) is 0 Å². The van der Waals surface area contributed by atoms with E-state index < -0.39 is 0 Å². The number of hydrogen-bond acceptors (Lipinski definition) is 1. The summed E-state index contributed by atoms with van der Waals surface area (Å²) in [6, 6.07) is 0.912. The lowest BCUT2D eigenvalue weighted by molar-refractivity contribution is -0.137. The minimum atomic E-state index is 0.128. The Morgan fingerprint density at radius 2 is 1.75 bits per heavy atom. The molecule has 1 atom stereocenters. The number of rotatable bonds is 4. The van der Waals surface area contributed by atoms with Gasteiger partial charge in [-0.3, -0.25) is 4.79 Å². The van der Waals surface area contributed by atoms with Gasteiger partial charge in [-0.1, -0.05) is 34.6 Å². The molecule has 0 aromatic rings. The second-order valence-corrected chi connectivity index (χ2v) is 6.75. The first-order valence-corrected chi connectivity index (χ1v) is 6.54. The summed E-state index contributed by atoms with van der Waals surface area (Å²) in [5, 5.41) is 0. The summed E-state index contributed by atoms with van der Waals surface area (Å²) < 4.78 is 0. The summed E-state index contributed by atoms with van der Waals surface area (Å²) in [6.07, 6.45) is 3.49. The molecular formula is C14H27NO. The fourth-order valence-electron chi connectivity index (χ4n) is 2.39. The minimum Gasteiger partial charge on any atom is -0.337 e. The molecule has 1 saturated carbocycles. The van der Waals surface area contributed by atoms with Crippen LogP contribution in [0.25, 0.3) is 0 Å². The van der Waals surface area contributed by atoms with Crippen molar-refractivity contribution in [2.24, 2.45) is 11.3 Å². The van der Waals surface area contributed by atoms with E-state index in [0.29, 0.717) is 23.4 Å². The van der Waals surface area contributed by atoms with E-state index in [-0.39, 0.29) is 5.92 Å². The minimum absolute atomic E-state index is 0.128. The van der Waals surface area contributed by atoms with Crippen LogP contribution in [0.4, 0.5) is 0 Å². The third-order valence-corrected chi connectivity index (χ3v) is 3.07. The van der Waals surface area contributed by atoms with Gasteiger partial charge in [-0.2, -0.15) is 0 Å². The highest BCUT2D eigenvalue weighted by Crippen LogP contribution is 2.33. The van der Waals surface area contributed by atoms with Crippen molar-refractivity contribution in [3.8, 4) is 0 Å². The summed E-state index contributed by atoms with van der Waals surface area (Å²) >= 11 is 0. The molecule has 2 heteroatoms. The van der Waals surface area contributed by atoms with Gasteiger partial charge >= 0.3 is 0 Å². The van der Waals surface area contributed by atoms with Crippen molar-refractivity contribution in [2.75, 3.05) is 0 Å². The van der Waals surface area contributed by atoms with Crippen LogP contribution in [0.1, 0.15) is 60.8 Å². The van der Waals surface area contributed by atoms with Crippen molar-refractivity contribution in [1.82, 2.24) is 4.90 Å². The molecule has 0 radical (unpaired) electrons. The normalized spacial score (nSPS) is 18.7. The van der Waals surface area contributed by atoms with Gasteiger partial charge in [-0.05, 0) is 31.6 Å². The van der Waals surface area contributed by atoms with Crippen molar-refractivity contribution in [3.63, 3.8) is 0 Å². The van der Waals surface area contributed by atoms with Gasteiger partial charge in [-0.25, -0.2) is 0 Å². The molecule has 0 aromatic heterocycles. The van der Waals surface area contributed by atoms with Crippen LogP contribution in [0, 0.1) is 11.3 Å². The Hall–Kier alpha value is -0.530. The van der Waals surface area contributed by atoms with Crippen molar-refractivity contribution >= 4 is 5.91 Å². The van der Waals surface area contributed by atoms with E-state index in [4.69, 9.17) is 0 Å². The highest BCUT2D eigenvalue weighted by Gasteiger charge is 2.37. The molecule has 1 fully saturated rings. The largest absolute Gasteiger partial charge is 0.337 e. The highest BCUT2D eigenvalue weighted by atomic mass is 16.2. The molecule has 94 valence electrons. The summed E-state index contributed by atoms with van der Waals surface area (Å²) in [5.74, 6) is 0.460. The van der Waals surface area contributed by atoms with Crippen LogP contribution in [0.3, 0.4) is 0 Å². The molecule has 0 aliphatic heterocycles. The fraction of sp³-hybridized carbons (Fsp3) is 0.929. The van der Waals surface area contributed by atoms with Gasteiger partial charge in [0.05, 0.1) is 0 Å². The molecule has 0 bridgehead atoms. The lowest BCUT2D eigenvalue weighted by Crippen LogP contribution is -2.44. The molecule has 1 amide bonds. The van der Waals surface area contributed by atoms with Crippen molar-refractivity contribution < 1.29 is 4.79 Å². The van der Waals surface area contributed by atoms with Crippen LogP contribution in [0.5, 0.6) is 0 Å². The second kappa shape index (κ2) is 4.77. The van der Waals surface area contributed by atoms with Gasteiger partial charge in [0.25, 0.3) is 0 Å². The summed E-state index contributed by atoms with van der Waals surface area (Å²) in [5.41, 5.74) is 0.295. The number of carbonyl (C=O) groups excluding carboxylic acids is 1. The smallest absolute Gasteiger partial charge is 0.225 e. The van der Waals surface area contributed by atoms with Crippen molar-refractivity contribution in [3.05, 3.63) is 0 Å². The van der Waals surface area contributed by atoms with E-state index >= 15 is 0 Å². The molecule has 1 aliphatic rings. The Morgan fingerprint density at radius 3 is 2.06 bits per heavy atom. The first-order valence-electron chi connectivity index (χ1n) is 6.54. The average Bonchev–Trinajstić information content (AvgIpc) is 2.84. The van der Waals surface area contributed by atoms with Crippen LogP contribution in [0.2, 0.25) is 0 Å². The van der Waals surface area contributed by atoms with Crippen LogP contribution < -0.4 is 0 Å². The van der Waals surface area contributed by atoms with Gasteiger partial charge < -0.3 is 4.90 Å². The van der Waals surface area contributed by atoms with E-state index in [9.17, 15) is 4.79 Å². The number of hydrogen-bond donors (Lipinski definition) is 0. The summed E-state index contributed by atoms with van der Waals surface area (Å²) in [4.78, 5) is 14.3. The van der Waals surface area contributed by atoms with Gasteiger partial charge in [0.1, 0.15) is 0 Å². The summed E-state index contributed by atoms with van der Waals surface area (Å²) in [7, 11) is 0. The first-order chi connectivity index (χ1) is 7.22. The monoisotopic (exact) mass is 225 g/mol. The Balaban J connectivity index is 2.66. The molecule has 0 N–H and O–H groups in total. The lowest BCUT2D eigenvalue weighted by atomic mass is 9.88. The van der Waals surface area contributed by atoms with Crippen LogP contribution in [0.15, 0.2) is 0 Å². The molecule has 1 aliphatic carbocycles. The molecule has 0 unspecified atom stereocenters. The topological polar surface area (TPSA) is 20.3 Å². The Kier molecular flexibility index (Phi) is 4.03. The first kappa shape index (κ1) is 13.5. The number of carbonyl (C=O) groups is 1. The highest BCUT2D eigenvalue weighted by molar-refractivity contribution is 5.79. The Bertz CT molecular complexity index is 248. The third kappa shape index (κ3) is 3.80. The van der Waals surface area contributed by atoms with E-state index in [1.165, 1.54) is 12.8 Å². The maximum absolute atomic E-state index is 12.2. The number of amides is 1. The van der Waals surface area contributed by atoms with E-state index in [0.717, 1.165) is 6.42 Å². The van der Waals surface area contributed by atoms with E-state index in [2.05, 4.69) is 32.6 Å². The van der Waals surface area contributed by atoms with Gasteiger partial charge in [-0.15, -0.1) is 0 Å². The Morgan fingerprint density at radius 1 is 1.25 bits per heavy atom. The predicted molar refractivity (Wildman–Crippen MR) is 68.2 cm³/mol. The van der Waals surface area contributed by atoms with Crippen molar-refractivity contribution in [2.45, 2.75) is 72.9 Å².